The molecule has 3 aromatic rings. The number of Topliss-reactive ketones (excluding diaryl/α,β-unsaturated/α-hetero) is 1. The maximum atomic E-state index is 13.3. The number of nitrogens with zero attached hydrogens (tertiary/aromatic N) is 1. The quantitative estimate of drug-likeness (QED) is 0.471. The Morgan fingerprint density at radius 3 is 2.47 bits per heavy atom. The molecule has 2 heterocycles. The Balaban J connectivity index is 1.71. The third-order valence-corrected chi connectivity index (χ3v) is 7.14. The zero-order valence-electron chi connectivity index (χ0n) is 21.9. The van der Waals surface area contributed by atoms with Crippen molar-refractivity contribution in [2.75, 3.05) is 14.2 Å². The molecule has 0 saturated heterocycles. The summed E-state index contributed by atoms with van der Waals surface area (Å²) in [6, 6.07) is 12.8. The zero-order valence-corrected chi connectivity index (χ0v) is 21.9. The topological polar surface area (TPSA) is 125 Å². The molecule has 0 radical (unpaired) electrons. The number of hydrogen-bond donors (Lipinski definition) is 1. The van der Waals surface area contributed by atoms with Gasteiger partial charge in [0.2, 0.25) is 5.88 Å². The predicted molar refractivity (Wildman–Crippen MR) is 141 cm³/mol. The number of aryl methyl sites for hydroxylation is 1. The van der Waals surface area contributed by atoms with E-state index >= 15 is 0 Å². The van der Waals surface area contributed by atoms with E-state index in [1.807, 2.05) is 32.9 Å². The highest BCUT2D eigenvalue weighted by Gasteiger charge is 2.43. The van der Waals surface area contributed by atoms with E-state index in [9.17, 15) is 14.9 Å². The fourth-order valence-corrected chi connectivity index (χ4v) is 5.43. The third-order valence-electron chi connectivity index (χ3n) is 7.14. The number of carbonyl (C=O) groups excluding carboxylic acids is 1. The van der Waals surface area contributed by atoms with E-state index < -0.39 is 11.5 Å². The van der Waals surface area contributed by atoms with Gasteiger partial charge in [-0.3, -0.25) is 4.79 Å². The van der Waals surface area contributed by atoms with E-state index in [0.29, 0.717) is 68.9 Å². The number of methoxy groups -OCH3 is 2. The van der Waals surface area contributed by atoms with E-state index in [2.05, 4.69) is 6.07 Å². The van der Waals surface area contributed by atoms with E-state index in [1.165, 1.54) is 14.2 Å². The lowest BCUT2D eigenvalue weighted by Crippen LogP contribution is -2.33. The Labute approximate surface area is 219 Å². The maximum Gasteiger partial charge on any atom is 0.344 e. The molecule has 2 aromatic carbocycles. The van der Waals surface area contributed by atoms with Gasteiger partial charge in [-0.2, -0.15) is 5.26 Å². The summed E-state index contributed by atoms with van der Waals surface area (Å²) in [4.78, 5) is 26.3. The van der Waals surface area contributed by atoms with Crippen LogP contribution in [0.5, 0.6) is 11.5 Å². The minimum atomic E-state index is -0.674. The van der Waals surface area contributed by atoms with E-state index in [1.54, 1.807) is 24.3 Å². The van der Waals surface area contributed by atoms with Crippen molar-refractivity contribution in [1.82, 2.24) is 0 Å². The van der Waals surface area contributed by atoms with Gasteiger partial charge in [-0.15, -0.1) is 0 Å². The molecule has 2 aliphatic rings. The number of hydrogen-bond acceptors (Lipinski definition) is 8. The van der Waals surface area contributed by atoms with Crippen molar-refractivity contribution >= 4 is 16.8 Å². The monoisotopic (exact) mass is 512 g/mol. The fraction of sp³-hybridized carbons (Fsp3) is 0.300. The molecule has 38 heavy (non-hydrogen) atoms. The molecule has 1 unspecified atom stereocenters. The Bertz CT molecular complexity index is 1670. The highest BCUT2D eigenvalue weighted by atomic mass is 16.5. The molecule has 8 nitrogen and oxygen atoms in total. The second-order valence-corrected chi connectivity index (χ2v) is 10.5. The van der Waals surface area contributed by atoms with Crippen molar-refractivity contribution in [2.24, 2.45) is 11.1 Å². The van der Waals surface area contributed by atoms with Gasteiger partial charge in [-0.25, -0.2) is 4.79 Å². The molecular formula is C30H28N2O6. The Morgan fingerprint density at radius 1 is 1.05 bits per heavy atom. The van der Waals surface area contributed by atoms with Gasteiger partial charge in [0, 0.05) is 23.8 Å². The summed E-state index contributed by atoms with van der Waals surface area (Å²) >= 11 is 0. The number of fused-ring (bicyclic) bond motifs is 1. The zero-order chi connectivity index (χ0) is 27.4. The molecule has 0 amide bonds. The molecule has 1 aliphatic heterocycles. The molecule has 194 valence electrons. The van der Waals surface area contributed by atoms with Crippen molar-refractivity contribution in [3.63, 3.8) is 0 Å². The van der Waals surface area contributed by atoms with E-state index in [4.69, 9.17) is 24.4 Å². The van der Waals surface area contributed by atoms with Crippen LogP contribution in [0.2, 0.25) is 0 Å². The van der Waals surface area contributed by atoms with E-state index in [-0.39, 0.29) is 22.7 Å². The number of allylic oxidation sites excluding steroid dienone is 3. The molecule has 0 fully saturated rings. The van der Waals surface area contributed by atoms with Gasteiger partial charge in [0.25, 0.3) is 0 Å². The Kier molecular flexibility index (Phi) is 6.03. The number of rotatable bonds is 4. The van der Waals surface area contributed by atoms with Crippen LogP contribution in [-0.2, 0) is 9.53 Å². The normalized spacial score (nSPS) is 18.6. The second-order valence-electron chi connectivity index (χ2n) is 10.5. The third kappa shape index (κ3) is 4.10. The number of nitrogens with two attached hydrogens (primary N) is 1. The Hall–Kier alpha value is -4.51. The number of ether oxygens (including phenoxy) is 3. The summed E-state index contributed by atoms with van der Waals surface area (Å²) in [6.07, 6.45) is 0.879. The van der Waals surface area contributed by atoms with Gasteiger partial charge in [0.05, 0.1) is 25.7 Å². The van der Waals surface area contributed by atoms with E-state index in [0.717, 1.165) is 0 Å². The second kappa shape index (κ2) is 9.10. The lowest BCUT2D eigenvalue weighted by atomic mass is 9.70. The highest BCUT2D eigenvalue weighted by molar-refractivity contribution is 6.00. The average molecular weight is 513 g/mol. The van der Waals surface area contributed by atoms with Crippen LogP contribution in [0.25, 0.3) is 22.1 Å². The van der Waals surface area contributed by atoms with Crippen LogP contribution in [0.4, 0.5) is 0 Å². The van der Waals surface area contributed by atoms with Gasteiger partial charge in [0.15, 0.2) is 17.3 Å². The molecular weight excluding hydrogens is 484 g/mol. The number of carbonyl (C=O) groups is 1. The molecule has 0 bridgehead atoms. The van der Waals surface area contributed by atoms with Crippen molar-refractivity contribution in [3.8, 4) is 28.7 Å². The summed E-state index contributed by atoms with van der Waals surface area (Å²) in [5.74, 6) is 0.795. The van der Waals surface area contributed by atoms with Crippen molar-refractivity contribution in [3.05, 3.63) is 80.7 Å². The van der Waals surface area contributed by atoms with Gasteiger partial charge in [0.1, 0.15) is 23.0 Å². The average Bonchev–Trinajstić information content (AvgIpc) is 2.86. The van der Waals surface area contributed by atoms with Crippen LogP contribution in [0, 0.1) is 23.7 Å². The van der Waals surface area contributed by atoms with Gasteiger partial charge in [-0.1, -0.05) is 26.0 Å². The molecule has 8 heteroatoms. The summed E-state index contributed by atoms with van der Waals surface area (Å²) < 4.78 is 22.3. The molecule has 1 aromatic heterocycles. The molecule has 1 aliphatic carbocycles. The van der Waals surface area contributed by atoms with Crippen LogP contribution >= 0.6 is 0 Å². The molecule has 0 spiro atoms. The van der Waals surface area contributed by atoms with Gasteiger partial charge >= 0.3 is 5.63 Å². The summed E-state index contributed by atoms with van der Waals surface area (Å²) in [7, 11) is 3.06. The summed E-state index contributed by atoms with van der Waals surface area (Å²) in [5.41, 5.74) is 8.83. The number of benzene rings is 2. The number of nitriles is 1. The van der Waals surface area contributed by atoms with Crippen LogP contribution in [0.15, 0.2) is 68.4 Å². The first-order valence-electron chi connectivity index (χ1n) is 12.2. The van der Waals surface area contributed by atoms with Gasteiger partial charge < -0.3 is 24.4 Å². The molecule has 2 N–H and O–H groups in total. The van der Waals surface area contributed by atoms with Crippen LogP contribution in [0.1, 0.15) is 43.7 Å². The summed E-state index contributed by atoms with van der Waals surface area (Å²) in [6.45, 7) is 5.83. The van der Waals surface area contributed by atoms with Gasteiger partial charge in [-0.05, 0) is 53.3 Å². The first-order valence-corrected chi connectivity index (χ1v) is 12.2. The summed E-state index contributed by atoms with van der Waals surface area (Å²) in [5, 5.41) is 10.6. The highest BCUT2D eigenvalue weighted by Crippen LogP contribution is 2.48. The van der Waals surface area contributed by atoms with Crippen LogP contribution in [-0.4, -0.2) is 20.0 Å². The lowest BCUT2D eigenvalue weighted by Gasteiger charge is -2.37. The molecule has 1 atom stereocenters. The lowest BCUT2D eigenvalue weighted by molar-refractivity contribution is -0.119. The first-order chi connectivity index (χ1) is 18.1. The minimum Gasteiger partial charge on any atom is -0.493 e. The Morgan fingerprint density at radius 2 is 1.79 bits per heavy atom. The fourth-order valence-electron chi connectivity index (χ4n) is 5.43. The standard InChI is InChI=1S/C30H28N2O6/c1-15-8-17(25-20(14-31)28(32)37-24-13-30(2,3)12-21(33)26(24)25)9-18-10-19(29(34)38-27(15)18)16-6-7-22(35-4)23(11-16)36-5/h6-11,25H,12-13,32H2,1-5H3. The van der Waals surface area contributed by atoms with Crippen molar-refractivity contribution in [1.29, 1.82) is 5.26 Å². The smallest absolute Gasteiger partial charge is 0.344 e. The van der Waals surface area contributed by atoms with Crippen molar-refractivity contribution < 1.29 is 23.4 Å². The molecule has 0 saturated carbocycles. The van der Waals surface area contributed by atoms with Crippen LogP contribution < -0.4 is 20.8 Å². The molecule has 5 rings (SSSR count). The number of ketones is 1. The van der Waals surface area contributed by atoms with Crippen LogP contribution in [0.3, 0.4) is 0 Å². The maximum absolute atomic E-state index is 13.3. The predicted octanol–water partition coefficient (Wildman–Crippen LogP) is 5.24. The van der Waals surface area contributed by atoms with Crippen molar-refractivity contribution in [2.45, 2.75) is 39.5 Å². The minimum absolute atomic E-state index is 0.00473. The largest absolute Gasteiger partial charge is 0.493 e. The SMILES string of the molecule is COc1ccc(-c2cc3cc(C4C(C#N)=C(N)OC5=C4C(=O)CC(C)(C)C5)cc(C)c3oc2=O)cc1OC. The first kappa shape index (κ1) is 25.2.